The lowest BCUT2D eigenvalue weighted by atomic mass is 10.1. The number of fused-ring (bicyclic) bond motifs is 1. The highest BCUT2D eigenvalue weighted by Crippen LogP contribution is 2.40. The van der Waals surface area contributed by atoms with Crippen molar-refractivity contribution in [2.24, 2.45) is 0 Å². The van der Waals surface area contributed by atoms with Crippen LogP contribution in [0.15, 0.2) is 12.3 Å². The van der Waals surface area contributed by atoms with E-state index in [-0.39, 0.29) is 18.1 Å². The van der Waals surface area contributed by atoms with Gasteiger partial charge in [0, 0.05) is 12.3 Å². The molecule has 1 aliphatic carbocycles. The third kappa shape index (κ3) is 2.12. The largest absolute Gasteiger partial charge is 0.390 e. The molecule has 3 unspecified atom stereocenters. The Morgan fingerprint density at radius 1 is 1.37 bits per heavy atom. The number of carbonyl (C=O) groups excluding carboxylic acids is 1. The second-order valence-corrected chi connectivity index (χ2v) is 5.58. The number of nitrogens with one attached hydrogen (secondary N) is 1. The van der Waals surface area contributed by atoms with Crippen LogP contribution in [0.2, 0.25) is 0 Å². The Morgan fingerprint density at radius 3 is 2.74 bits per heavy atom. The Labute approximate surface area is 110 Å². The molecule has 3 aliphatic rings. The molecule has 0 bridgehead atoms. The molecule has 7 heteroatoms. The van der Waals surface area contributed by atoms with Gasteiger partial charge in [-0.1, -0.05) is 0 Å². The monoisotopic (exact) mass is 270 g/mol. The van der Waals surface area contributed by atoms with Crippen LogP contribution < -0.4 is 5.32 Å². The van der Waals surface area contributed by atoms with Gasteiger partial charge in [-0.3, -0.25) is 4.79 Å². The highest BCUT2D eigenvalue weighted by Gasteiger charge is 2.55. The quantitative estimate of drug-likeness (QED) is 0.558. The summed E-state index contributed by atoms with van der Waals surface area (Å²) in [5, 5.41) is 22.3. The molecule has 2 aliphatic heterocycles. The summed E-state index contributed by atoms with van der Waals surface area (Å²) in [5.41, 5.74) is 0. The summed E-state index contributed by atoms with van der Waals surface area (Å²) < 4.78 is 11.5. The van der Waals surface area contributed by atoms with Crippen molar-refractivity contribution in [2.75, 3.05) is 0 Å². The minimum atomic E-state index is -1.11. The maximum Gasteiger partial charge on any atom is 0.248 e. The SMILES string of the molecule is CC1(C)OC2C(O1)[C@@H](O)C[C@H]2N1C=CC(=O)NC1O. The molecule has 0 aromatic heterocycles. The van der Waals surface area contributed by atoms with Crippen LogP contribution >= 0.6 is 0 Å². The third-order valence-corrected chi connectivity index (χ3v) is 3.74. The van der Waals surface area contributed by atoms with Gasteiger partial charge in [0.1, 0.15) is 12.2 Å². The molecule has 2 fully saturated rings. The van der Waals surface area contributed by atoms with Gasteiger partial charge < -0.3 is 29.9 Å². The zero-order valence-electron chi connectivity index (χ0n) is 10.8. The van der Waals surface area contributed by atoms with Gasteiger partial charge >= 0.3 is 0 Å². The van der Waals surface area contributed by atoms with Gasteiger partial charge in [0.15, 0.2) is 5.79 Å². The van der Waals surface area contributed by atoms with E-state index in [0.29, 0.717) is 6.42 Å². The first-order valence-corrected chi connectivity index (χ1v) is 6.35. The molecule has 1 saturated carbocycles. The van der Waals surface area contributed by atoms with E-state index in [0.717, 1.165) is 0 Å². The summed E-state index contributed by atoms with van der Waals surface area (Å²) in [7, 11) is 0. The minimum Gasteiger partial charge on any atom is -0.390 e. The van der Waals surface area contributed by atoms with Crippen LogP contribution in [0.25, 0.3) is 0 Å². The van der Waals surface area contributed by atoms with Crippen LogP contribution in [-0.2, 0) is 14.3 Å². The van der Waals surface area contributed by atoms with Gasteiger partial charge in [-0.15, -0.1) is 0 Å². The summed E-state index contributed by atoms with van der Waals surface area (Å²) in [6.45, 7) is 3.58. The smallest absolute Gasteiger partial charge is 0.248 e. The number of aliphatic hydroxyl groups is 2. The molecular formula is C12H18N2O5. The Hall–Kier alpha value is -1.15. The fourth-order valence-electron chi connectivity index (χ4n) is 3.00. The van der Waals surface area contributed by atoms with Crippen LogP contribution in [0.5, 0.6) is 0 Å². The van der Waals surface area contributed by atoms with E-state index < -0.39 is 24.3 Å². The second-order valence-electron chi connectivity index (χ2n) is 5.58. The summed E-state index contributed by atoms with van der Waals surface area (Å²) in [4.78, 5) is 12.7. The molecule has 2 heterocycles. The molecule has 0 spiro atoms. The first-order chi connectivity index (χ1) is 8.87. The fourth-order valence-corrected chi connectivity index (χ4v) is 3.00. The number of ether oxygens (including phenoxy) is 2. The van der Waals surface area contributed by atoms with E-state index >= 15 is 0 Å². The topological polar surface area (TPSA) is 91.3 Å². The van der Waals surface area contributed by atoms with Crippen LogP contribution in [0.4, 0.5) is 0 Å². The van der Waals surface area contributed by atoms with Crippen molar-refractivity contribution >= 4 is 5.91 Å². The zero-order chi connectivity index (χ0) is 13.8. The zero-order valence-corrected chi connectivity index (χ0v) is 10.8. The molecular weight excluding hydrogens is 252 g/mol. The number of aliphatic hydroxyl groups excluding tert-OH is 2. The molecule has 0 aromatic rings. The molecule has 0 radical (unpaired) electrons. The fraction of sp³-hybridized carbons (Fsp3) is 0.750. The summed E-state index contributed by atoms with van der Waals surface area (Å²) in [5.74, 6) is -1.09. The maximum absolute atomic E-state index is 11.1. The number of hydrogen-bond acceptors (Lipinski definition) is 6. The maximum atomic E-state index is 11.1. The second kappa shape index (κ2) is 4.17. The number of nitrogens with zero attached hydrogens (tertiary/aromatic N) is 1. The van der Waals surface area contributed by atoms with Crippen LogP contribution in [0, 0.1) is 0 Å². The number of rotatable bonds is 1. The van der Waals surface area contributed by atoms with Gasteiger partial charge in [-0.25, -0.2) is 0 Å². The molecule has 19 heavy (non-hydrogen) atoms. The van der Waals surface area contributed by atoms with Crippen molar-refractivity contribution in [3.63, 3.8) is 0 Å². The van der Waals surface area contributed by atoms with Crippen LogP contribution in [0.3, 0.4) is 0 Å². The normalized spacial score (nSPS) is 44.3. The lowest BCUT2D eigenvalue weighted by Gasteiger charge is -2.37. The minimum absolute atomic E-state index is 0.242. The molecule has 1 amide bonds. The Bertz CT molecular complexity index is 424. The van der Waals surface area contributed by atoms with Gasteiger partial charge in [0.25, 0.3) is 0 Å². The van der Waals surface area contributed by atoms with E-state index in [4.69, 9.17) is 9.47 Å². The predicted octanol–water partition coefficient (Wildman–Crippen LogP) is -1.14. The first kappa shape index (κ1) is 12.9. The number of carbonyl (C=O) groups is 1. The van der Waals surface area contributed by atoms with E-state index in [2.05, 4.69) is 5.32 Å². The number of amides is 1. The highest BCUT2D eigenvalue weighted by atomic mass is 16.8. The summed E-state index contributed by atoms with van der Waals surface area (Å²) in [6.07, 6.45) is 0.793. The van der Waals surface area contributed by atoms with Crippen molar-refractivity contribution in [1.82, 2.24) is 10.2 Å². The Morgan fingerprint density at radius 2 is 2.05 bits per heavy atom. The van der Waals surface area contributed by atoms with Crippen LogP contribution in [0.1, 0.15) is 20.3 Å². The van der Waals surface area contributed by atoms with Crippen molar-refractivity contribution in [3.8, 4) is 0 Å². The van der Waals surface area contributed by atoms with E-state index in [1.807, 2.05) is 0 Å². The van der Waals surface area contributed by atoms with Crippen molar-refractivity contribution in [2.45, 2.75) is 56.8 Å². The lowest BCUT2D eigenvalue weighted by molar-refractivity contribution is -0.172. The molecule has 3 N–H and O–H groups in total. The standard InChI is InChI=1S/C12H18N2O5/c1-12(2)18-9-6(5-7(15)10(9)19-12)14-4-3-8(16)13-11(14)17/h3-4,6-7,9-11,15,17H,5H2,1-2H3,(H,13,16)/t6-,7+,9?,10?,11?/m1/s1. The molecule has 0 aromatic carbocycles. The van der Waals surface area contributed by atoms with Gasteiger partial charge in [-0.05, 0) is 20.3 Å². The van der Waals surface area contributed by atoms with Gasteiger partial charge in [0.05, 0.1) is 12.1 Å². The molecule has 1 saturated heterocycles. The van der Waals surface area contributed by atoms with E-state index in [1.165, 1.54) is 12.3 Å². The summed E-state index contributed by atoms with van der Waals surface area (Å²) >= 11 is 0. The lowest BCUT2D eigenvalue weighted by Crippen LogP contribution is -2.55. The average Bonchev–Trinajstić information content (AvgIpc) is 2.75. The van der Waals surface area contributed by atoms with Crippen molar-refractivity contribution in [3.05, 3.63) is 12.3 Å². The van der Waals surface area contributed by atoms with Crippen molar-refractivity contribution < 1.29 is 24.5 Å². The van der Waals surface area contributed by atoms with E-state index in [1.54, 1.807) is 18.7 Å². The molecule has 5 atom stereocenters. The average molecular weight is 270 g/mol. The van der Waals surface area contributed by atoms with Gasteiger partial charge in [-0.2, -0.15) is 0 Å². The van der Waals surface area contributed by atoms with Gasteiger partial charge in [0.2, 0.25) is 12.3 Å². The highest BCUT2D eigenvalue weighted by molar-refractivity contribution is 5.88. The molecule has 3 rings (SSSR count). The first-order valence-electron chi connectivity index (χ1n) is 6.35. The number of hydrogen-bond donors (Lipinski definition) is 3. The predicted molar refractivity (Wildman–Crippen MR) is 63.4 cm³/mol. The summed E-state index contributed by atoms with van der Waals surface area (Å²) in [6, 6.07) is -0.242. The van der Waals surface area contributed by atoms with E-state index in [9.17, 15) is 15.0 Å². The molecule has 7 nitrogen and oxygen atoms in total. The third-order valence-electron chi connectivity index (χ3n) is 3.74. The molecule has 106 valence electrons. The Balaban J connectivity index is 1.82. The Kier molecular flexibility index (Phi) is 2.82. The van der Waals surface area contributed by atoms with Crippen LogP contribution in [-0.4, -0.2) is 57.5 Å². The van der Waals surface area contributed by atoms with Crippen molar-refractivity contribution in [1.29, 1.82) is 0 Å².